The van der Waals surface area contributed by atoms with Gasteiger partial charge in [-0.2, -0.15) is 9.61 Å². The van der Waals surface area contributed by atoms with Crippen LogP contribution in [0.1, 0.15) is 20.8 Å². The molecule has 92 valence electrons. The SMILES string of the molecule is CC(=O)O.CC(=O)OOB(O)OOC(C)=O. The van der Waals surface area contributed by atoms with Gasteiger partial charge in [-0.15, -0.1) is 0 Å². The van der Waals surface area contributed by atoms with E-state index < -0.39 is 25.2 Å². The number of rotatable bonds is 4. The molecule has 10 heteroatoms. The Bertz CT molecular complexity index is 218. The van der Waals surface area contributed by atoms with Crippen LogP contribution < -0.4 is 0 Å². The summed E-state index contributed by atoms with van der Waals surface area (Å²) in [7, 11) is -1.95. The van der Waals surface area contributed by atoms with E-state index in [-0.39, 0.29) is 0 Å². The number of carbonyl (C=O) groups excluding carboxylic acids is 2. The molecule has 0 bridgehead atoms. The first kappa shape index (κ1) is 16.8. The van der Waals surface area contributed by atoms with Crippen LogP contribution in [0.25, 0.3) is 0 Å². The van der Waals surface area contributed by atoms with Crippen LogP contribution in [-0.2, 0) is 33.8 Å². The largest absolute Gasteiger partial charge is 0.713 e. The van der Waals surface area contributed by atoms with Gasteiger partial charge in [0.2, 0.25) is 0 Å². The summed E-state index contributed by atoms with van der Waals surface area (Å²) in [6.45, 7) is 3.19. The summed E-state index contributed by atoms with van der Waals surface area (Å²) < 4.78 is 0. The molecule has 0 spiro atoms. The van der Waals surface area contributed by atoms with Gasteiger partial charge in [0.25, 0.3) is 5.97 Å². The van der Waals surface area contributed by atoms with Gasteiger partial charge in [0, 0.05) is 20.8 Å². The Morgan fingerprint density at radius 1 is 0.938 bits per heavy atom. The lowest BCUT2D eigenvalue weighted by molar-refractivity contribution is -0.272. The van der Waals surface area contributed by atoms with Gasteiger partial charge in [-0.1, -0.05) is 0 Å². The normalized spacial score (nSPS) is 8.25. The summed E-state index contributed by atoms with van der Waals surface area (Å²) in [6, 6.07) is 0. The molecule has 0 aliphatic rings. The molecular formula is C6H11BO9. The molecule has 0 atom stereocenters. The smallest absolute Gasteiger partial charge is 0.481 e. The Hall–Kier alpha value is -1.65. The van der Waals surface area contributed by atoms with Crippen molar-refractivity contribution in [3.8, 4) is 0 Å². The Morgan fingerprint density at radius 2 is 1.19 bits per heavy atom. The van der Waals surface area contributed by atoms with Gasteiger partial charge in [-0.3, -0.25) is 4.79 Å². The standard InChI is InChI=1S/C4H7BO7.C2H4O2/c1-3(6)9-11-5(8)12-10-4(2)7;1-2(3)4/h8H,1-2H3;1H3,(H,3,4). The Labute approximate surface area is 90.9 Å². The highest BCUT2D eigenvalue weighted by atomic mass is 17.3. The van der Waals surface area contributed by atoms with Crippen molar-refractivity contribution in [1.29, 1.82) is 0 Å². The maximum Gasteiger partial charge on any atom is 0.713 e. The molecule has 0 amide bonds. The van der Waals surface area contributed by atoms with Crippen molar-refractivity contribution in [3.63, 3.8) is 0 Å². The van der Waals surface area contributed by atoms with Gasteiger partial charge in [-0.25, -0.2) is 9.59 Å². The van der Waals surface area contributed by atoms with E-state index in [1.54, 1.807) is 0 Å². The average Bonchev–Trinajstić information content (AvgIpc) is 2.10. The van der Waals surface area contributed by atoms with E-state index in [1.807, 2.05) is 0 Å². The summed E-state index contributed by atoms with van der Waals surface area (Å²) in [5, 5.41) is 16.0. The molecule has 0 aromatic heterocycles. The molecule has 0 saturated heterocycles. The minimum Gasteiger partial charge on any atom is -0.481 e. The maximum atomic E-state index is 10.1. The second-order valence-electron chi connectivity index (χ2n) is 2.17. The third-order valence-electron chi connectivity index (χ3n) is 0.496. The van der Waals surface area contributed by atoms with Gasteiger partial charge in [0.05, 0.1) is 0 Å². The lowest BCUT2D eigenvalue weighted by Gasteiger charge is -2.03. The quantitative estimate of drug-likeness (QED) is 0.361. The number of hydrogen-bond acceptors (Lipinski definition) is 8. The summed E-state index contributed by atoms with van der Waals surface area (Å²) in [6.07, 6.45) is 0. The van der Waals surface area contributed by atoms with Crippen molar-refractivity contribution < 1.29 is 43.9 Å². The molecule has 9 nitrogen and oxygen atoms in total. The van der Waals surface area contributed by atoms with Gasteiger partial charge >= 0.3 is 19.3 Å². The molecule has 0 aliphatic carbocycles. The molecule has 0 rings (SSSR count). The molecule has 0 radical (unpaired) electrons. The van der Waals surface area contributed by atoms with Crippen molar-refractivity contribution in [3.05, 3.63) is 0 Å². The Kier molecular flexibility index (Phi) is 10.4. The molecule has 0 aliphatic heterocycles. The van der Waals surface area contributed by atoms with Crippen LogP contribution in [-0.4, -0.2) is 35.4 Å². The fourth-order valence-corrected chi connectivity index (χ4v) is 0.234. The van der Waals surface area contributed by atoms with Crippen molar-refractivity contribution in [1.82, 2.24) is 0 Å². The zero-order valence-corrected chi connectivity index (χ0v) is 8.83. The Balaban J connectivity index is 0. The van der Waals surface area contributed by atoms with Crippen molar-refractivity contribution in [2.75, 3.05) is 0 Å². The number of aliphatic carboxylic acids is 1. The van der Waals surface area contributed by atoms with Crippen LogP contribution in [0.2, 0.25) is 0 Å². The third kappa shape index (κ3) is 22.8. The molecule has 0 fully saturated rings. The fourth-order valence-electron chi connectivity index (χ4n) is 0.234. The number of hydrogen-bond donors (Lipinski definition) is 2. The van der Waals surface area contributed by atoms with Crippen LogP contribution in [0.5, 0.6) is 0 Å². The average molecular weight is 238 g/mol. The zero-order chi connectivity index (χ0) is 13.1. The monoisotopic (exact) mass is 238 g/mol. The van der Waals surface area contributed by atoms with E-state index >= 15 is 0 Å². The van der Waals surface area contributed by atoms with Crippen LogP contribution in [0, 0.1) is 0 Å². The topological polar surface area (TPSA) is 129 Å². The second-order valence-corrected chi connectivity index (χ2v) is 2.17. The van der Waals surface area contributed by atoms with E-state index in [0.717, 1.165) is 20.8 Å². The lowest BCUT2D eigenvalue weighted by atomic mass is 10.3. The van der Waals surface area contributed by atoms with Crippen LogP contribution in [0.4, 0.5) is 0 Å². The maximum absolute atomic E-state index is 10.1. The first-order chi connectivity index (χ1) is 7.25. The molecule has 0 aromatic carbocycles. The summed E-state index contributed by atoms with van der Waals surface area (Å²) in [4.78, 5) is 44.5. The van der Waals surface area contributed by atoms with E-state index in [1.165, 1.54) is 0 Å². The zero-order valence-electron chi connectivity index (χ0n) is 8.83. The molecule has 0 saturated carbocycles. The summed E-state index contributed by atoms with van der Waals surface area (Å²) in [5.41, 5.74) is 0. The molecule has 2 N–H and O–H groups in total. The summed E-state index contributed by atoms with van der Waals surface area (Å²) >= 11 is 0. The third-order valence-corrected chi connectivity index (χ3v) is 0.496. The highest BCUT2D eigenvalue weighted by Crippen LogP contribution is 1.89. The van der Waals surface area contributed by atoms with E-state index in [4.69, 9.17) is 14.9 Å². The van der Waals surface area contributed by atoms with E-state index in [9.17, 15) is 9.59 Å². The number of carboxylic acids is 1. The molecule has 0 aromatic rings. The van der Waals surface area contributed by atoms with E-state index in [2.05, 4.69) is 19.4 Å². The van der Waals surface area contributed by atoms with E-state index in [0.29, 0.717) is 0 Å². The van der Waals surface area contributed by atoms with Gasteiger partial charge < -0.3 is 19.9 Å². The minimum absolute atomic E-state index is 0.777. The Morgan fingerprint density at radius 3 is 1.38 bits per heavy atom. The van der Waals surface area contributed by atoms with Gasteiger partial charge in [-0.05, 0) is 0 Å². The molecular weight excluding hydrogens is 227 g/mol. The van der Waals surface area contributed by atoms with Crippen LogP contribution in [0.15, 0.2) is 0 Å². The minimum atomic E-state index is -1.95. The van der Waals surface area contributed by atoms with Crippen LogP contribution in [0.3, 0.4) is 0 Å². The predicted octanol–water partition coefficient (Wildman–Crippen LogP) is -0.956. The van der Waals surface area contributed by atoms with Crippen molar-refractivity contribution in [2.24, 2.45) is 0 Å². The lowest BCUT2D eigenvalue weighted by Crippen LogP contribution is -2.25. The molecule has 0 heterocycles. The first-order valence-corrected chi connectivity index (χ1v) is 3.81. The number of carbonyl (C=O) groups is 3. The predicted molar refractivity (Wildman–Crippen MR) is 47.0 cm³/mol. The summed E-state index contributed by atoms with van der Waals surface area (Å²) in [5.74, 6) is -2.39. The molecule has 16 heavy (non-hydrogen) atoms. The fraction of sp³-hybridized carbons (Fsp3) is 0.500. The van der Waals surface area contributed by atoms with Crippen LogP contribution >= 0.6 is 0 Å². The van der Waals surface area contributed by atoms with Crippen molar-refractivity contribution in [2.45, 2.75) is 20.8 Å². The highest BCUT2D eigenvalue weighted by molar-refractivity contribution is 6.34. The van der Waals surface area contributed by atoms with Crippen molar-refractivity contribution >= 4 is 25.2 Å². The van der Waals surface area contributed by atoms with Gasteiger partial charge in [0.1, 0.15) is 0 Å². The molecule has 0 unspecified atom stereocenters. The highest BCUT2D eigenvalue weighted by Gasteiger charge is 2.22. The van der Waals surface area contributed by atoms with Gasteiger partial charge in [0.15, 0.2) is 0 Å². The first-order valence-electron chi connectivity index (χ1n) is 3.81. The second kappa shape index (κ2) is 9.89. The number of carboxylic acid groups (broad SMARTS) is 1.